The fraction of sp³-hybridized carbons (Fsp3) is 0.0204. The van der Waals surface area contributed by atoms with Crippen LogP contribution in [0.2, 0.25) is 0 Å². The highest BCUT2D eigenvalue weighted by Gasteiger charge is 2.32. The number of sulfone groups is 2. The molecule has 8 aromatic rings. The van der Waals surface area contributed by atoms with Crippen molar-refractivity contribution in [2.24, 2.45) is 0 Å². The number of fused-ring (bicyclic) bond motifs is 4. The van der Waals surface area contributed by atoms with E-state index >= 15 is 0 Å². The van der Waals surface area contributed by atoms with Gasteiger partial charge in [0.05, 0.1) is 19.6 Å². The Morgan fingerprint density at radius 1 is 0.426 bits per heavy atom. The Morgan fingerprint density at radius 2 is 0.820 bits per heavy atom. The first-order valence-electron chi connectivity index (χ1n) is 19.2. The Balaban J connectivity index is 1.01. The first-order valence-corrected chi connectivity index (χ1v) is 22.1. The molecule has 0 saturated carbocycles. The maximum atomic E-state index is 14.5. The van der Waals surface area contributed by atoms with Gasteiger partial charge in [-0.3, -0.25) is 0 Å². The third-order valence-corrected chi connectivity index (χ3v) is 14.2. The van der Waals surface area contributed by atoms with Crippen molar-refractivity contribution in [2.75, 3.05) is 11.5 Å². The zero-order valence-electron chi connectivity index (χ0n) is 32.1. The molecule has 0 saturated heterocycles. The molecule has 61 heavy (non-hydrogen) atoms. The summed E-state index contributed by atoms with van der Waals surface area (Å²) < 4.78 is 82.6. The number of nitrogens with two attached hydrogens (primary N) is 2. The van der Waals surface area contributed by atoms with Gasteiger partial charge in [-0.1, -0.05) is 48.5 Å². The SMILES string of the molecule is Nc1cccc(Oc2ccc(S(=O)(=O)c3ccc(Cc4ccc(S(=O)(=O)c5ccc(Oc6cccc(N)c6)cc5)c5c4Oc4ccc-5cc4)c4c3-c3ccc(cc3)O4)cc2)c1. The van der Waals surface area contributed by atoms with E-state index in [2.05, 4.69) is 0 Å². The summed E-state index contributed by atoms with van der Waals surface area (Å²) in [5.74, 6) is 3.79. The minimum Gasteiger partial charge on any atom is -0.457 e. The van der Waals surface area contributed by atoms with Crippen molar-refractivity contribution < 1.29 is 35.8 Å². The van der Waals surface area contributed by atoms with Crippen molar-refractivity contribution in [3.8, 4) is 68.2 Å². The third-order valence-electron chi connectivity index (χ3n) is 10.5. The fourth-order valence-corrected chi connectivity index (χ4v) is 10.5. The second-order valence-corrected chi connectivity index (χ2v) is 18.4. The molecule has 0 radical (unpaired) electrons. The molecule has 0 aromatic heterocycles. The van der Waals surface area contributed by atoms with Crippen molar-refractivity contribution in [2.45, 2.75) is 26.0 Å². The Morgan fingerprint density at radius 3 is 1.20 bits per heavy atom. The smallest absolute Gasteiger partial charge is 0.207 e. The zero-order valence-corrected chi connectivity index (χ0v) is 33.7. The number of benzene rings is 8. The first kappa shape index (κ1) is 37.7. The summed E-state index contributed by atoms with van der Waals surface area (Å²) in [4.78, 5) is 0.292. The molecular weight excluding hydrogens is 809 g/mol. The van der Waals surface area contributed by atoms with Crippen molar-refractivity contribution in [1.82, 2.24) is 0 Å². The Kier molecular flexibility index (Phi) is 9.04. The van der Waals surface area contributed by atoms with E-state index in [9.17, 15) is 16.8 Å². The van der Waals surface area contributed by atoms with Crippen molar-refractivity contribution in [3.05, 3.63) is 181 Å². The highest BCUT2D eigenvalue weighted by atomic mass is 32.2. The van der Waals surface area contributed by atoms with Gasteiger partial charge in [-0.2, -0.15) is 0 Å². The molecule has 8 aromatic carbocycles. The molecule has 10 nitrogen and oxygen atoms in total. The average molecular weight is 843 g/mol. The molecule has 12 rings (SSSR count). The van der Waals surface area contributed by atoms with Crippen molar-refractivity contribution >= 4 is 31.0 Å². The van der Waals surface area contributed by atoms with Crippen LogP contribution < -0.4 is 30.4 Å². The van der Waals surface area contributed by atoms with Crippen LogP contribution in [0, 0.1) is 0 Å². The van der Waals surface area contributed by atoms with E-state index in [1.54, 1.807) is 121 Å². The predicted molar refractivity (Wildman–Crippen MR) is 232 cm³/mol. The lowest BCUT2D eigenvalue weighted by molar-refractivity contribution is 0.474. The topological polar surface area (TPSA) is 157 Å². The molecule has 0 atom stereocenters. The minimum absolute atomic E-state index is 0.0709. The van der Waals surface area contributed by atoms with Gasteiger partial charge in [0.1, 0.15) is 46.0 Å². The van der Waals surface area contributed by atoms with Gasteiger partial charge < -0.3 is 30.4 Å². The molecular formula is C49H34N2O8S2. The van der Waals surface area contributed by atoms with Crippen LogP contribution >= 0.6 is 0 Å². The molecule has 0 amide bonds. The minimum atomic E-state index is -4.08. The number of hydrogen-bond acceptors (Lipinski definition) is 10. The molecule has 300 valence electrons. The lowest BCUT2D eigenvalue weighted by Gasteiger charge is -2.20. The van der Waals surface area contributed by atoms with Crippen LogP contribution in [0.15, 0.2) is 189 Å². The van der Waals surface area contributed by atoms with Crippen LogP contribution in [0.25, 0.3) is 22.3 Å². The van der Waals surface area contributed by atoms with Crippen LogP contribution in [0.5, 0.6) is 46.0 Å². The average Bonchev–Trinajstić information content (AvgIpc) is 3.72. The molecule has 0 fully saturated rings. The largest absolute Gasteiger partial charge is 0.457 e. The lowest BCUT2D eigenvalue weighted by atomic mass is 9.95. The van der Waals surface area contributed by atoms with Gasteiger partial charge in [-0.15, -0.1) is 0 Å². The maximum Gasteiger partial charge on any atom is 0.207 e. The van der Waals surface area contributed by atoms with E-state index in [-0.39, 0.29) is 26.0 Å². The number of anilines is 2. The van der Waals surface area contributed by atoms with Crippen molar-refractivity contribution in [3.63, 3.8) is 0 Å². The van der Waals surface area contributed by atoms with Crippen molar-refractivity contribution in [1.29, 1.82) is 0 Å². The van der Waals surface area contributed by atoms with Crippen LogP contribution in [-0.2, 0) is 26.1 Å². The van der Waals surface area contributed by atoms with Gasteiger partial charge in [0, 0.05) is 52.2 Å². The fourth-order valence-electron chi connectivity index (χ4n) is 7.60. The molecule has 0 aliphatic carbocycles. The third kappa shape index (κ3) is 6.97. The van der Waals surface area contributed by atoms with Gasteiger partial charge in [0.2, 0.25) is 19.7 Å². The van der Waals surface area contributed by atoms with E-state index < -0.39 is 19.7 Å². The molecule has 4 aliphatic heterocycles. The van der Waals surface area contributed by atoms with Crippen LogP contribution in [0.4, 0.5) is 11.4 Å². The Labute approximate surface area is 352 Å². The second kappa shape index (κ2) is 14.6. The van der Waals surface area contributed by atoms with Crippen LogP contribution in [-0.4, -0.2) is 16.8 Å². The molecule has 4 heterocycles. The summed E-state index contributed by atoms with van der Waals surface area (Å²) in [5.41, 5.74) is 16.4. The quantitative estimate of drug-likeness (QED) is 0.127. The summed E-state index contributed by atoms with van der Waals surface area (Å²) >= 11 is 0. The normalized spacial score (nSPS) is 12.3. The molecule has 4 aliphatic rings. The van der Waals surface area contributed by atoms with E-state index in [0.717, 1.165) is 0 Å². The van der Waals surface area contributed by atoms with Gasteiger partial charge >= 0.3 is 0 Å². The number of ether oxygens (including phenoxy) is 4. The van der Waals surface area contributed by atoms with Gasteiger partial charge in [0.15, 0.2) is 0 Å². The van der Waals surface area contributed by atoms with Gasteiger partial charge in [-0.25, -0.2) is 16.8 Å². The van der Waals surface area contributed by atoms with Crippen LogP contribution in [0.3, 0.4) is 0 Å². The van der Waals surface area contributed by atoms with E-state index in [1.807, 2.05) is 24.3 Å². The first-order chi connectivity index (χ1) is 29.5. The monoisotopic (exact) mass is 842 g/mol. The highest BCUT2D eigenvalue weighted by molar-refractivity contribution is 7.92. The highest BCUT2D eigenvalue weighted by Crippen LogP contribution is 2.50. The Bertz CT molecular complexity index is 3020. The molecule has 4 bridgehead atoms. The maximum absolute atomic E-state index is 14.5. The number of hydrogen-bond donors (Lipinski definition) is 2. The standard InChI is InChI=1S/C49H34N2O8S2/c50-34-3-1-5-40(28-34)56-36-17-21-42(22-18-36)60(52,53)44-25-11-32(48-46(44)30-7-13-38(58-48)14-8-30)27-33-12-26-45(47-31-9-15-39(16-10-31)59-49(33)47)61(54,55)43-23-19-37(20-24-43)57-41-6-2-4-35(51)29-41/h1-26,28-29H,27,50-51H2. The van der Waals surface area contributed by atoms with Crippen LogP contribution in [0.1, 0.15) is 11.1 Å². The van der Waals surface area contributed by atoms with Gasteiger partial charge in [0.25, 0.3) is 0 Å². The predicted octanol–water partition coefficient (Wildman–Crippen LogP) is 11.2. The zero-order chi connectivity index (χ0) is 41.9. The molecule has 0 spiro atoms. The second-order valence-electron chi connectivity index (χ2n) is 14.6. The molecule has 12 heteroatoms. The number of rotatable bonds is 10. The molecule has 4 N–H and O–H groups in total. The summed E-state index contributed by atoms with van der Waals surface area (Å²) in [6, 6.07) is 47.6. The summed E-state index contributed by atoms with van der Waals surface area (Å²) in [6.07, 6.45) is 0.221. The summed E-state index contributed by atoms with van der Waals surface area (Å²) in [5, 5.41) is 0. The summed E-state index contributed by atoms with van der Waals surface area (Å²) in [6.45, 7) is 0. The number of nitrogen functional groups attached to an aromatic ring is 2. The van der Waals surface area contributed by atoms with E-state index in [0.29, 0.717) is 90.8 Å². The van der Waals surface area contributed by atoms with E-state index in [4.69, 9.17) is 30.4 Å². The Hall–Kier alpha value is -7.54. The summed E-state index contributed by atoms with van der Waals surface area (Å²) in [7, 11) is -8.16. The lowest BCUT2D eigenvalue weighted by Crippen LogP contribution is -2.08. The molecule has 0 unspecified atom stereocenters. The van der Waals surface area contributed by atoms with E-state index in [1.165, 1.54) is 24.3 Å². The van der Waals surface area contributed by atoms with Gasteiger partial charge in [-0.05, 0) is 120 Å².